The quantitative estimate of drug-likeness (QED) is 0.764. The van der Waals surface area contributed by atoms with Gasteiger partial charge in [-0.1, -0.05) is 12.7 Å². The molecule has 1 rings (SSSR count). The number of ether oxygens (including phenoxy) is 2. The number of aliphatic carboxylic acids is 1. The van der Waals surface area contributed by atoms with Gasteiger partial charge in [-0.3, -0.25) is 9.59 Å². The Morgan fingerprint density at radius 3 is 2.70 bits per heavy atom. The Balaban J connectivity index is 3.05. The summed E-state index contributed by atoms with van der Waals surface area (Å²) in [5.74, 6) is -0.648. The lowest BCUT2D eigenvalue weighted by molar-refractivity contribution is -0.137. The number of hydrogen-bond acceptors (Lipinski definition) is 4. The van der Waals surface area contributed by atoms with Crippen molar-refractivity contribution in [2.75, 3.05) is 27.3 Å². The Bertz CT molecular complexity index is 512. The molecule has 0 bridgehead atoms. The summed E-state index contributed by atoms with van der Waals surface area (Å²) in [7, 11) is 2.92. The van der Waals surface area contributed by atoms with E-state index in [0.717, 1.165) is 4.90 Å². The molecule has 0 saturated carbocycles. The summed E-state index contributed by atoms with van der Waals surface area (Å²) in [6.45, 7) is 3.39. The van der Waals surface area contributed by atoms with Gasteiger partial charge in [-0.2, -0.15) is 0 Å². The highest BCUT2D eigenvalue weighted by atomic mass is 16.5. The molecule has 1 aromatic rings. The molecule has 0 spiro atoms. The van der Waals surface area contributed by atoms with Gasteiger partial charge in [0.15, 0.2) is 0 Å². The molecule has 0 radical (unpaired) electrons. The fourth-order valence-corrected chi connectivity index (χ4v) is 1.55. The minimum Gasteiger partial charge on any atom is -0.497 e. The van der Waals surface area contributed by atoms with Crippen LogP contribution in [0.5, 0.6) is 11.5 Å². The van der Waals surface area contributed by atoms with Gasteiger partial charge >= 0.3 is 5.97 Å². The van der Waals surface area contributed by atoms with Crippen LogP contribution in [0.25, 0.3) is 0 Å². The normalized spacial score (nSPS) is 9.70. The molecule has 6 nitrogen and oxygen atoms in total. The van der Waals surface area contributed by atoms with Crippen molar-refractivity contribution in [1.82, 2.24) is 4.90 Å². The molecule has 1 N–H and O–H groups in total. The van der Waals surface area contributed by atoms with Gasteiger partial charge in [0.2, 0.25) is 0 Å². The van der Waals surface area contributed by atoms with Crippen LogP contribution >= 0.6 is 0 Å². The number of carboxylic acid groups (broad SMARTS) is 1. The largest absolute Gasteiger partial charge is 0.497 e. The molecule has 1 aromatic carbocycles. The van der Waals surface area contributed by atoms with E-state index in [1.807, 2.05) is 0 Å². The second-order valence-electron chi connectivity index (χ2n) is 4.02. The van der Waals surface area contributed by atoms with E-state index in [4.69, 9.17) is 14.6 Å². The van der Waals surface area contributed by atoms with Crippen LogP contribution in [0, 0.1) is 0 Å². The Morgan fingerprint density at radius 2 is 2.15 bits per heavy atom. The van der Waals surface area contributed by atoms with Crippen LogP contribution in [0.4, 0.5) is 0 Å². The third-order valence-corrected chi connectivity index (χ3v) is 2.50. The van der Waals surface area contributed by atoms with Crippen LogP contribution in [0.1, 0.15) is 10.4 Å². The first-order valence-electron chi connectivity index (χ1n) is 5.88. The molecule has 0 aliphatic heterocycles. The zero-order valence-corrected chi connectivity index (χ0v) is 11.5. The van der Waals surface area contributed by atoms with E-state index >= 15 is 0 Å². The van der Waals surface area contributed by atoms with Crippen molar-refractivity contribution < 1.29 is 24.2 Å². The Morgan fingerprint density at radius 1 is 1.45 bits per heavy atom. The fraction of sp³-hybridized carbons (Fsp3) is 0.286. The van der Waals surface area contributed by atoms with Crippen molar-refractivity contribution in [3.8, 4) is 11.5 Å². The number of likely N-dealkylation sites (N-methyl/N-ethyl adjacent to an activating group) is 1. The first-order valence-corrected chi connectivity index (χ1v) is 5.88. The summed E-state index contributed by atoms with van der Waals surface area (Å²) in [4.78, 5) is 23.9. The summed E-state index contributed by atoms with van der Waals surface area (Å²) in [6.07, 6.45) is 1.55. The topological polar surface area (TPSA) is 76.1 Å². The first-order chi connectivity index (χ1) is 9.49. The molecule has 0 fully saturated rings. The maximum Gasteiger partial charge on any atom is 0.323 e. The van der Waals surface area contributed by atoms with Crippen LogP contribution in [0.3, 0.4) is 0 Å². The van der Waals surface area contributed by atoms with Crippen molar-refractivity contribution in [1.29, 1.82) is 0 Å². The Hall–Kier alpha value is -2.50. The van der Waals surface area contributed by atoms with Gasteiger partial charge in [-0.05, 0) is 12.1 Å². The lowest BCUT2D eigenvalue weighted by atomic mass is 10.1. The first kappa shape index (κ1) is 15.6. The molecule has 20 heavy (non-hydrogen) atoms. The molecule has 1 amide bonds. The van der Waals surface area contributed by atoms with Crippen LogP contribution in [0.15, 0.2) is 30.9 Å². The number of carbonyl (C=O) groups is 2. The van der Waals surface area contributed by atoms with E-state index in [9.17, 15) is 9.59 Å². The van der Waals surface area contributed by atoms with E-state index in [0.29, 0.717) is 11.5 Å². The molecule has 0 saturated heterocycles. The smallest absolute Gasteiger partial charge is 0.323 e. The number of hydrogen-bond donors (Lipinski definition) is 1. The van der Waals surface area contributed by atoms with Crippen molar-refractivity contribution >= 4 is 11.9 Å². The van der Waals surface area contributed by atoms with E-state index in [1.54, 1.807) is 18.2 Å². The van der Waals surface area contributed by atoms with Crippen LogP contribution in [-0.2, 0) is 4.79 Å². The third kappa shape index (κ3) is 4.01. The number of methoxy groups -OCH3 is 1. The van der Waals surface area contributed by atoms with Gasteiger partial charge in [0.05, 0.1) is 12.7 Å². The van der Waals surface area contributed by atoms with Crippen LogP contribution in [0.2, 0.25) is 0 Å². The zero-order valence-electron chi connectivity index (χ0n) is 11.5. The summed E-state index contributed by atoms with van der Waals surface area (Å²) in [5.41, 5.74) is 0.274. The summed E-state index contributed by atoms with van der Waals surface area (Å²) in [5, 5.41) is 8.71. The average molecular weight is 279 g/mol. The number of benzene rings is 1. The Kier molecular flexibility index (Phi) is 5.58. The molecule has 0 aromatic heterocycles. The van der Waals surface area contributed by atoms with E-state index < -0.39 is 11.9 Å². The average Bonchev–Trinajstić information content (AvgIpc) is 2.43. The van der Waals surface area contributed by atoms with Crippen molar-refractivity contribution in [3.63, 3.8) is 0 Å². The predicted octanol–water partition coefficient (Wildman–Crippen LogP) is 1.42. The maximum absolute atomic E-state index is 12.2. The van der Waals surface area contributed by atoms with Gasteiger partial charge in [0.1, 0.15) is 24.7 Å². The molecule has 0 aliphatic rings. The highest BCUT2D eigenvalue weighted by Gasteiger charge is 2.19. The molecule has 108 valence electrons. The molecule has 0 unspecified atom stereocenters. The van der Waals surface area contributed by atoms with Gasteiger partial charge in [0.25, 0.3) is 5.91 Å². The SMILES string of the molecule is C=CCOc1cc(OC)ccc1C(=O)N(C)CC(=O)O. The maximum atomic E-state index is 12.2. The lowest BCUT2D eigenvalue weighted by Crippen LogP contribution is -2.32. The van der Waals surface area contributed by atoms with Gasteiger partial charge in [-0.15, -0.1) is 0 Å². The highest BCUT2D eigenvalue weighted by molar-refractivity contribution is 5.98. The second kappa shape index (κ2) is 7.18. The molecule has 0 aliphatic carbocycles. The number of carboxylic acids is 1. The number of rotatable bonds is 7. The van der Waals surface area contributed by atoms with Crippen molar-refractivity contribution in [3.05, 3.63) is 36.4 Å². The number of carbonyl (C=O) groups excluding carboxylic acids is 1. The molecule has 0 atom stereocenters. The standard InChI is InChI=1S/C14H17NO5/c1-4-7-20-12-8-10(19-3)5-6-11(12)14(18)15(2)9-13(16)17/h4-6,8H,1,7,9H2,2-3H3,(H,16,17). The minimum absolute atomic E-state index is 0.232. The highest BCUT2D eigenvalue weighted by Crippen LogP contribution is 2.26. The molecular weight excluding hydrogens is 262 g/mol. The summed E-state index contributed by atoms with van der Waals surface area (Å²) >= 11 is 0. The summed E-state index contributed by atoms with van der Waals surface area (Å²) in [6, 6.07) is 4.73. The van der Waals surface area contributed by atoms with E-state index in [2.05, 4.69) is 6.58 Å². The summed E-state index contributed by atoms with van der Waals surface area (Å²) < 4.78 is 10.5. The number of nitrogens with zero attached hydrogens (tertiary/aromatic N) is 1. The Labute approximate surface area is 117 Å². The fourth-order valence-electron chi connectivity index (χ4n) is 1.55. The van der Waals surface area contributed by atoms with E-state index in [-0.39, 0.29) is 18.7 Å². The van der Waals surface area contributed by atoms with Crippen molar-refractivity contribution in [2.45, 2.75) is 0 Å². The van der Waals surface area contributed by atoms with Gasteiger partial charge in [0, 0.05) is 13.1 Å². The predicted molar refractivity (Wildman–Crippen MR) is 73.3 cm³/mol. The van der Waals surface area contributed by atoms with Gasteiger partial charge < -0.3 is 19.5 Å². The zero-order chi connectivity index (χ0) is 15.1. The minimum atomic E-state index is -1.08. The molecule has 6 heteroatoms. The van der Waals surface area contributed by atoms with E-state index in [1.165, 1.54) is 20.2 Å². The molecular formula is C14H17NO5. The van der Waals surface area contributed by atoms with Gasteiger partial charge in [-0.25, -0.2) is 0 Å². The van der Waals surface area contributed by atoms with Crippen LogP contribution in [-0.4, -0.2) is 49.2 Å². The van der Waals surface area contributed by atoms with Crippen LogP contribution < -0.4 is 9.47 Å². The second-order valence-corrected chi connectivity index (χ2v) is 4.02. The number of amides is 1. The third-order valence-electron chi connectivity index (χ3n) is 2.50. The monoisotopic (exact) mass is 279 g/mol. The van der Waals surface area contributed by atoms with Crippen molar-refractivity contribution in [2.24, 2.45) is 0 Å². The lowest BCUT2D eigenvalue weighted by Gasteiger charge is -2.17. The molecule has 0 heterocycles.